The average molecular weight is 394 g/mol. The number of carboxylic acid groups (broad SMARTS) is 1. The molecule has 0 radical (unpaired) electrons. The molecule has 0 fully saturated rings. The molecule has 5 heteroatoms. The van der Waals surface area contributed by atoms with Crippen molar-refractivity contribution in [2.75, 3.05) is 12.4 Å². The van der Waals surface area contributed by atoms with Crippen LogP contribution in [0.1, 0.15) is 17.5 Å². The fourth-order valence-corrected chi connectivity index (χ4v) is 3.89. The van der Waals surface area contributed by atoms with E-state index in [0.29, 0.717) is 11.5 Å². The number of rotatable bonds is 9. The van der Waals surface area contributed by atoms with E-state index in [0.717, 1.165) is 34.7 Å². The van der Waals surface area contributed by atoms with Crippen LogP contribution in [0.25, 0.3) is 16.8 Å². The zero-order chi connectivity index (χ0) is 19.8. The van der Waals surface area contributed by atoms with Gasteiger partial charge in [0, 0.05) is 5.39 Å². The molecular formula is C23H22O4S. The van der Waals surface area contributed by atoms with Crippen molar-refractivity contribution < 1.29 is 19.2 Å². The average Bonchev–Trinajstić information content (AvgIpc) is 2.71. The SMILES string of the molecule is O=C(O)COc1cccc2c(CCC[S+]([O-])/C=C/c3ccccc3)cccc12. The van der Waals surface area contributed by atoms with Gasteiger partial charge in [-0.2, -0.15) is 0 Å². The lowest BCUT2D eigenvalue weighted by atomic mass is 10.0. The Balaban J connectivity index is 1.62. The highest BCUT2D eigenvalue weighted by Gasteiger charge is 2.09. The van der Waals surface area contributed by atoms with E-state index in [1.54, 1.807) is 11.5 Å². The molecule has 3 aromatic rings. The number of fused-ring (bicyclic) bond motifs is 1. The van der Waals surface area contributed by atoms with Crippen LogP contribution in [0.4, 0.5) is 0 Å². The minimum Gasteiger partial charge on any atom is -0.612 e. The molecule has 0 saturated heterocycles. The lowest BCUT2D eigenvalue weighted by Crippen LogP contribution is -2.09. The van der Waals surface area contributed by atoms with Crippen molar-refractivity contribution in [3.05, 3.63) is 83.3 Å². The fourth-order valence-electron chi connectivity index (χ4n) is 3.02. The summed E-state index contributed by atoms with van der Waals surface area (Å²) in [5, 5.41) is 12.5. The predicted molar refractivity (Wildman–Crippen MR) is 114 cm³/mol. The molecule has 0 aliphatic carbocycles. The van der Waals surface area contributed by atoms with Gasteiger partial charge in [-0.1, -0.05) is 60.7 Å². The third kappa shape index (κ3) is 5.62. The first-order chi connectivity index (χ1) is 13.6. The van der Waals surface area contributed by atoms with Gasteiger partial charge in [-0.3, -0.25) is 0 Å². The Bertz CT molecular complexity index is 953. The summed E-state index contributed by atoms with van der Waals surface area (Å²) in [6.45, 7) is -0.365. The molecule has 3 rings (SSSR count). The second-order valence-electron chi connectivity index (χ2n) is 6.35. The number of carbonyl (C=O) groups is 1. The highest BCUT2D eigenvalue weighted by molar-refractivity contribution is 7.94. The van der Waals surface area contributed by atoms with E-state index in [1.807, 2.05) is 66.7 Å². The van der Waals surface area contributed by atoms with Crippen molar-refractivity contribution in [2.45, 2.75) is 12.8 Å². The lowest BCUT2D eigenvalue weighted by molar-refractivity contribution is -0.139. The maximum atomic E-state index is 12.2. The summed E-state index contributed by atoms with van der Waals surface area (Å²) in [7, 11) is 0. The molecule has 0 aliphatic heterocycles. The van der Waals surface area contributed by atoms with Gasteiger partial charge in [-0.05, 0) is 52.7 Å². The van der Waals surface area contributed by atoms with Crippen LogP contribution in [0.3, 0.4) is 0 Å². The summed E-state index contributed by atoms with van der Waals surface area (Å²) in [4.78, 5) is 10.8. The molecule has 1 N–H and O–H groups in total. The van der Waals surface area contributed by atoms with Crippen molar-refractivity contribution >= 4 is 34.0 Å². The highest BCUT2D eigenvalue weighted by atomic mass is 32.2. The van der Waals surface area contributed by atoms with Gasteiger partial charge in [-0.25, -0.2) is 4.79 Å². The van der Waals surface area contributed by atoms with Crippen molar-refractivity contribution in [2.24, 2.45) is 0 Å². The first-order valence-corrected chi connectivity index (χ1v) is 10.5. The summed E-state index contributed by atoms with van der Waals surface area (Å²) in [5.41, 5.74) is 2.18. The van der Waals surface area contributed by atoms with Gasteiger partial charge in [0.25, 0.3) is 0 Å². The summed E-state index contributed by atoms with van der Waals surface area (Å²) in [6.07, 6.45) is 3.48. The first kappa shape index (κ1) is 20.0. The molecule has 0 aliphatic rings. The van der Waals surface area contributed by atoms with E-state index in [2.05, 4.69) is 0 Å². The second-order valence-corrected chi connectivity index (χ2v) is 7.79. The van der Waals surface area contributed by atoms with E-state index in [4.69, 9.17) is 9.84 Å². The van der Waals surface area contributed by atoms with Gasteiger partial charge in [-0.15, -0.1) is 0 Å². The Morgan fingerprint density at radius 3 is 2.54 bits per heavy atom. The third-order valence-electron chi connectivity index (χ3n) is 4.33. The Morgan fingerprint density at radius 2 is 1.75 bits per heavy atom. The van der Waals surface area contributed by atoms with Gasteiger partial charge in [0.15, 0.2) is 6.61 Å². The van der Waals surface area contributed by atoms with E-state index < -0.39 is 17.1 Å². The van der Waals surface area contributed by atoms with Gasteiger partial charge in [0.05, 0.1) is 0 Å². The molecular weight excluding hydrogens is 372 g/mol. The molecule has 0 saturated carbocycles. The van der Waals surface area contributed by atoms with Crippen molar-refractivity contribution in [1.82, 2.24) is 0 Å². The highest BCUT2D eigenvalue weighted by Crippen LogP contribution is 2.28. The third-order valence-corrected chi connectivity index (χ3v) is 5.46. The number of hydrogen-bond acceptors (Lipinski definition) is 3. The van der Waals surface area contributed by atoms with Crippen LogP contribution in [0.5, 0.6) is 5.75 Å². The molecule has 0 spiro atoms. The number of ether oxygens (including phenoxy) is 1. The molecule has 1 atom stereocenters. The van der Waals surface area contributed by atoms with Crippen LogP contribution >= 0.6 is 0 Å². The van der Waals surface area contributed by atoms with Crippen LogP contribution < -0.4 is 4.74 Å². The Labute approximate surface area is 167 Å². The number of aliphatic carboxylic acids is 1. The number of carboxylic acids is 1. The van der Waals surface area contributed by atoms with E-state index in [-0.39, 0.29) is 6.61 Å². The maximum absolute atomic E-state index is 12.2. The molecule has 144 valence electrons. The van der Waals surface area contributed by atoms with E-state index in [1.165, 1.54) is 0 Å². The number of aryl methyl sites for hydroxylation is 1. The summed E-state index contributed by atoms with van der Waals surface area (Å²) in [5.74, 6) is 0.157. The lowest BCUT2D eigenvalue weighted by Gasteiger charge is -2.11. The van der Waals surface area contributed by atoms with Crippen LogP contribution in [-0.4, -0.2) is 28.0 Å². The normalized spacial score (nSPS) is 12.3. The quantitative estimate of drug-likeness (QED) is 0.536. The Hall–Kier alpha value is -2.76. The van der Waals surface area contributed by atoms with E-state index in [9.17, 15) is 9.35 Å². The molecule has 0 heterocycles. The molecule has 28 heavy (non-hydrogen) atoms. The summed E-state index contributed by atoms with van der Waals surface area (Å²) >= 11 is -1.01. The standard InChI is InChI=1S/C23H22O4S/c24-23(25)17-27-22-13-5-11-20-19(9-4-12-21(20)22)10-6-15-28(26)16-14-18-7-2-1-3-8-18/h1-5,7-9,11-14,16H,6,10,15,17H2,(H,24,25)/b16-14+. The van der Waals surface area contributed by atoms with Crippen LogP contribution in [0.15, 0.2) is 72.1 Å². The van der Waals surface area contributed by atoms with Crippen molar-refractivity contribution in [3.63, 3.8) is 0 Å². The molecule has 0 bridgehead atoms. The van der Waals surface area contributed by atoms with Crippen LogP contribution in [0.2, 0.25) is 0 Å². The predicted octanol–water partition coefficient (Wildman–Crippen LogP) is 4.66. The largest absolute Gasteiger partial charge is 0.612 e. The van der Waals surface area contributed by atoms with Crippen molar-refractivity contribution in [1.29, 1.82) is 0 Å². The monoisotopic (exact) mass is 394 g/mol. The zero-order valence-corrected chi connectivity index (χ0v) is 16.2. The van der Waals surface area contributed by atoms with Gasteiger partial charge in [0.1, 0.15) is 16.9 Å². The fraction of sp³-hybridized carbons (Fsp3) is 0.174. The number of hydrogen-bond donors (Lipinski definition) is 1. The summed E-state index contributed by atoms with van der Waals surface area (Å²) < 4.78 is 17.6. The van der Waals surface area contributed by atoms with Gasteiger partial charge < -0.3 is 14.4 Å². The smallest absolute Gasteiger partial charge is 0.341 e. The van der Waals surface area contributed by atoms with Gasteiger partial charge >= 0.3 is 5.97 Å². The minimum atomic E-state index is -1.01. The molecule has 0 amide bonds. The van der Waals surface area contributed by atoms with Crippen LogP contribution in [0, 0.1) is 0 Å². The molecule has 4 nitrogen and oxygen atoms in total. The topological polar surface area (TPSA) is 69.6 Å². The second kappa shape index (κ2) is 9.97. The van der Waals surface area contributed by atoms with E-state index >= 15 is 0 Å². The Kier molecular flexibility index (Phi) is 7.12. The molecule has 0 aromatic heterocycles. The number of benzene rings is 3. The molecule has 3 aromatic carbocycles. The minimum absolute atomic E-state index is 0.365. The maximum Gasteiger partial charge on any atom is 0.341 e. The summed E-state index contributed by atoms with van der Waals surface area (Å²) in [6, 6.07) is 21.4. The van der Waals surface area contributed by atoms with Crippen LogP contribution in [-0.2, 0) is 22.4 Å². The zero-order valence-electron chi connectivity index (χ0n) is 15.4. The van der Waals surface area contributed by atoms with Gasteiger partial charge in [0.2, 0.25) is 0 Å². The molecule has 1 unspecified atom stereocenters. The first-order valence-electron chi connectivity index (χ1n) is 9.09. The van der Waals surface area contributed by atoms with Crippen molar-refractivity contribution in [3.8, 4) is 5.75 Å². The Morgan fingerprint density at radius 1 is 1.00 bits per heavy atom.